The third-order valence-corrected chi connectivity index (χ3v) is 4.08. The number of rotatable bonds is 6. The number of esters is 1. The zero-order valence-corrected chi connectivity index (χ0v) is 12.2. The maximum atomic E-state index is 11.8. The molecule has 1 N–H and O–H groups in total. The lowest BCUT2D eigenvalue weighted by Gasteiger charge is -2.08. The highest BCUT2D eigenvalue weighted by Crippen LogP contribution is 2.14. The van der Waals surface area contributed by atoms with Crippen molar-refractivity contribution in [2.75, 3.05) is 19.4 Å². The largest absolute Gasteiger partial charge is 0.461 e. The molecule has 0 fully saturated rings. The minimum Gasteiger partial charge on any atom is -0.461 e. The zero-order chi connectivity index (χ0) is 13.5. The lowest BCUT2D eigenvalue weighted by Crippen LogP contribution is -2.28. The summed E-state index contributed by atoms with van der Waals surface area (Å²) in [6, 6.07) is 0. The van der Waals surface area contributed by atoms with E-state index in [1.165, 1.54) is 6.20 Å². The molecule has 0 saturated carbocycles. The molecule has 1 rings (SSSR count). The summed E-state index contributed by atoms with van der Waals surface area (Å²) in [6.07, 6.45) is 3.39. The molecule has 5 nitrogen and oxygen atoms in total. The molecule has 1 heterocycles. The molecule has 0 spiro atoms. The van der Waals surface area contributed by atoms with Crippen LogP contribution in [0.15, 0.2) is 6.20 Å². The SMILES string of the molecule is CCOC(=O)c1ncc(C(=O)NCC(C)SC)s1. The molecule has 0 aliphatic carbocycles. The summed E-state index contributed by atoms with van der Waals surface area (Å²) in [6.45, 7) is 4.64. The Balaban J connectivity index is 2.57. The summed E-state index contributed by atoms with van der Waals surface area (Å²) in [5.74, 6) is -0.692. The maximum Gasteiger partial charge on any atom is 0.367 e. The molecular formula is C11H16N2O3S2. The van der Waals surface area contributed by atoms with Gasteiger partial charge in [-0.25, -0.2) is 9.78 Å². The Morgan fingerprint density at radius 2 is 2.33 bits per heavy atom. The number of thioether (sulfide) groups is 1. The van der Waals surface area contributed by atoms with E-state index in [1.54, 1.807) is 18.7 Å². The van der Waals surface area contributed by atoms with Crippen LogP contribution in [0.2, 0.25) is 0 Å². The topological polar surface area (TPSA) is 68.3 Å². The van der Waals surface area contributed by atoms with Gasteiger partial charge in [0.05, 0.1) is 12.8 Å². The third kappa shape index (κ3) is 4.30. The van der Waals surface area contributed by atoms with Gasteiger partial charge in [0, 0.05) is 11.8 Å². The average Bonchev–Trinajstić information content (AvgIpc) is 2.85. The van der Waals surface area contributed by atoms with Crippen molar-refractivity contribution in [2.24, 2.45) is 0 Å². The van der Waals surface area contributed by atoms with E-state index in [0.29, 0.717) is 23.3 Å². The van der Waals surface area contributed by atoms with Crippen LogP contribution in [-0.4, -0.2) is 41.5 Å². The van der Waals surface area contributed by atoms with E-state index < -0.39 is 5.97 Å². The molecule has 0 saturated heterocycles. The van der Waals surface area contributed by atoms with Gasteiger partial charge in [-0.2, -0.15) is 11.8 Å². The molecule has 7 heteroatoms. The summed E-state index contributed by atoms with van der Waals surface area (Å²) in [5, 5.41) is 3.35. The molecule has 0 bridgehead atoms. The second-order valence-electron chi connectivity index (χ2n) is 3.51. The van der Waals surface area contributed by atoms with Crippen LogP contribution in [0.5, 0.6) is 0 Å². The Labute approximate surface area is 114 Å². The van der Waals surface area contributed by atoms with Gasteiger partial charge in [-0.3, -0.25) is 4.79 Å². The van der Waals surface area contributed by atoms with Crippen LogP contribution in [0.4, 0.5) is 0 Å². The van der Waals surface area contributed by atoms with Gasteiger partial charge in [0.15, 0.2) is 0 Å². The van der Waals surface area contributed by atoms with E-state index in [-0.39, 0.29) is 10.9 Å². The molecule has 100 valence electrons. The van der Waals surface area contributed by atoms with Crippen molar-refractivity contribution in [3.05, 3.63) is 16.1 Å². The first-order valence-corrected chi connectivity index (χ1v) is 7.62. The molecule has 1 unspecified atom stereocenters. The van der Waals surface area contributed by atoms with E-state index >= 15 is 0 Å². The fourth-order valence-electron chi connectivity index (χ4n) is 1.07. The van der Waals surface area contributed by atoms with Gasteiger partial charge >= 0.3 is 5.97 Å². The van der Waals surface area contributed by atoms with Crippen molar-refractivity contribution in [1.29, 1.82) is 0 Å². The fourth-order valence-corrected chi connectivity index (χ4v) is 2.05. The number of thiazole rings is 1. The number of nitrogens with one attached hydrogen (secondary N) is 1. The van der Waals surface area contributed by atoms with Gasteiger partial charge in [-0.05, 0) is 13.2 Å². The monoisotopic (exact) mass is 288 g/mol. The number of carbonyl (C=O) groups is 2. The molecule has 0 aliphatic heterocycles. The molecule has 0 aliphatic rings. The minimum atomic E-state index is -0.487. The van der Waals surface area contributed by atoms with Crippen molar-refractivity contribution in [1.82, 2.24) is 10.3 Å². The first-order valence-electron chi connectivity index (χ1n) is 5.52. The van der Waals surface area contributed by atoms with Crippen LogP contribution < -0.4 is 5.32 Å². The van der Waals surface area contributed by atoms with Crippen molar-refractivity contribution >= 4 is 35.0 Å². The van der Waals surface area contributed by atoms with Crippen LogP contribution in [0.1, 0.15) is 33.3 Å². The molecule has 1 aromatic heterocycles. The van der Waals surface area contributed by atoms with Crippen molar-refractivity contribution < 1.29 is 14.3 Å². The minimum absolute atomic E-state index is 0.205. The number of hydrogen-bond acceptors (Lipinski definition) is 6. The van der Waals surface area contributed by atoms with Gasteiger partial charge in [0.25, 0.3) is 5.91 Å². The zero-order valence-electron chi connectivity index (χ0n) is 10.6. The molecule has 1 aromatic rings. The second-order valence-corrected chi connectivity index (χ2v) is 5.81. The number of carbonyl (C=O) groups excluding carboxylic acids is 2. The van der Waals surface area contributed by atoms with E-state index in [4.69, 9.17) is 4.74 Å². The lowest BCUT2D eigenvalue weighted by atomic mass is 10.4. The van der Waals surface area contributed by atoms with E-state index in [2.05, 4.69) is 10.3 Å². The third-order valence-electron chi connectivity index (χ3n) is 2.13. The predicted octanol–water partition coefficient (Wildman–Crippen LogP) is 1.80. The first kappa shape index (κ1) is 15.0. The fraction of sp³-hybridized carbons (Fsp3) is 0.545. The van der Waals surface area contributed by atoms with Gasteiger partial charge < -0.3 is 10.1 Å². The van der Waals surface area contributed by atoms with E-state index in [9.17, 15) is 9.59 Å². The predicted molar refractivity (Wildman–Crippen MR) is 73.4 cm³/mol. The maximum absolute atomic E-state index is 11.8. The van der Waals surface area contributed by atoms with Gasteiger partial charge in [-0.15, -0.1) is 11.3 Å². The van der Waals surface area contributed by atoms with Crippen LogP contribution in [0, 0.1) is 0 Å². The number of nitrogens with zero attached hydrogens (tertiary/aromatic N) is 1. The van der Waals surface area contributed by atoms with Crippen LogP contribution in [0.3, 0.4) is 0 Å². The lowest BCUT2D eigenvalue weighted by molar-refractivity contribution is 0.0526. The number of amides is 1. The quantitative estimate of drug-likeness (QED) is 0.808. The van der Waals surface area contributed by atoms with Crippen LogP contribution in [-0.2, 0) is 4.74 Å². The first-order chi connectivity index (χ1) is 8.58. The summed E-state index contributed by atoms with van der Waals surface area (Å²) in [7, 11) is 0. The second kappa shape index (κ2) is 7.38. The molecule has 0 radical (unpaired) electrons. The number of ether oxygens (including phenoxy) is 1. The molecule has 1 amide bonds. The van der Waals surface area contributed by atoms with Crippen molar-refractivity contribution in [2.45, 2.75) is 19.1 Å². The number of hydrogen-bond donors (Lipinski definition) is 1. The standard InChI is InChI=1S/C11H16N2O3S2/c1-4-16-11(15)10-13-6-8(18-10)9(14)12-5-7(2)17-3/h6-7H,4-5H2,1-3H3,(H,12,14). The number of aromatic nitrogens is 1. The molecular weight excluding hydrogens is 272 g/mol. The normalized spacial score (nSPS) is 11.9. The average molecular weight is 288 g/mol. The summed E-state index contributed by atoms with van der Waals surface area (Å²) in [4.78, 5) is 27.4. The van der Waals surface area contributed by atoms with E-state index in [1.807, 2.05) is 13.2 Å². The van der Waals surface area contributed by atoms with Crippen molar-refractivity contribution in [3.8, 4) is 0 Å². The summed E-state index contributed by atoms with van der Waals surface area (Å²) in [5.41, 5.74) is 0. The highest BCUT2D eigenvalue weighted by Gasteiger charge is 2.16. The Morgan fingerprint density at radius 1 is 1.61 bits per heavy atom. The summed E-state index contributed by atoms with van der Waals surface area (Å²) >= 11 is 2.72. The molecule has 0 aromatic carbocycles. The van der Waals surface area contributed by atoms with Gasteiger partial charge in [0.1, 0.15) is 4.88 Å². The van der Waals surface area contributed by atoms with Crippen molar-refractivity contribution in [3.63, 3.8) is 0 Å². The Morgan fingerprint density at radius 3 is 2.94 bits per heavy atom. The molecule has 18 heavy (non-hydrogen) atoms. The van der Waals surface area contributed by atoms with Gasteiger partial charge in [0.2, 0.25) is 5.01 Å². The van der Waals surface area contributed by atoms with Crippen LogP contribution >= 0.6 is 23.1 Å². The molecule has 1 atom stereocenters. The summed E-state index contributed by atoms with van der Waals surface area (Å²) < 4.78 is 4.81. The Hall–Kier alpha value is -1.08. The van der Waals surface area contributed by atoms with E-state index in [0.717, 1.165) is 11.3 Å². The Bertz CT molecular complexity index is 420. The van der Waals surface area contributed by atoms with Gasteiger partial charge in [-0.1, -0.05) is 6.92 Å². The smallest absolute Gasteiger partial charge is 0.367 e. The highest BCUT2D eigenvalue weighted by atomic mass is 32.2. The van der Waals surface area contributed by atoms with Crippen LogP contribution in [0.25, 0.3) is 0 Å². The highest BCUT2D eigenvalue weighted by molar-refractivity contribution is 7.99. The Kier molecular flexibility index (Phi) is 6.14.